The van der Waals surface area contributed by atoms with Crippen LogP contribution in [-0.2, 0) is 4.74 Å². The first kappa shape index (κ1) is 17.2. The average Bonchev–Trinajstić information content (AvgIpc) is 2.60. The lowest BCUT2D eigenvalue weighted by Crippen LogP contribution is -2.51. The number of hydrogen-bond donors (Lipinski definition) is 1. The summed E-state index contributed by atoms with van der Waals surface area (Å²) in [6.45, 7) is 7.42. The fourth-order valence-electron chi connectivity index (χ4n) is 5.73. The maximum Gasteiger partial charge on any atom is 0.116 e. The van der Waals surface area contributed by atoms with Crippen LogP contribution >= 0.6 is 0 Å². The molecule has 2 aromatic carbocycles. The molecule has 4 aliphatic carbocycles. The molecule has 2 nitrogen and oxygen atoms in total. The Morgan fingerprint density at radius 3 is 2.04 bits per heavy atom. The minimum Gasteiger partial charge on any atom is -0.508 e. The van der Waals surface area contributed by atoms with Gasteiger partial charge >= 0.3 is 0 Å². The van der Waals surface area contributed by atoms with Gasteiger partial charge in [0.15, 0.2) is 0 Å². The van der Waals surface area contributed by atoms with E-state index >= 15 is 0 Å². The summed E-state index contributed by atoms with van der Waals surface area (Å²) in [6.07, 6.45) is 11.9. The number of rotatable bonds is 3. The van der Waals surface area contributed by atoms with Crippen molar-refractivity contribution < 1.29 is 9.84 Å². The van der Waals surface area contributed by atoms with Crippen molar-refractivity contribution in [2.24, 2.45) is 17.8 Å². The summed E-state index contributed by atoms with van der Waals surface area (Å²) < 4.78 is 5.81. The van der Waals surface area contributed by atoms with E-state index in [9.17, 15) is 5.11 Å². The summed E-state index contributed by atoms with van der Waals surface area (Å²) in [4.78, 5) is 0. The molecule has 0 amide bonds. The summed E-state index contributed by atoms with van der Waals surface area (Å²) >= 11 is 0. The van der Waals surface area contributed by atoms with Gasteiger partial charge in [0.2, 0.25) is 0 Å². The molecule has 26 heavy (non-hydrogen) atoms. The van der Waals surface area contributed by atoms with Crippen LogP contribution in [0, 0.1) is 17.8 Å². The van der Waals surface area contributed by atoms with Gasteiger partial charge in [-0.25, -0.2) is 0 Å². The van der Waals surface area contributed by atoms with Crippen molar-refractivity contribution in [2.45, 2.75) is 44.1 Å². The predicted molar refractivity (Wildman–Crippen MR) is 108 cm³/mol. The quantitative estimate of drug-likeness (QED) is 0.659. The van der Waals surface area contributed by atoms with Gasteiger partial charge in [-0.3, -0.25) is 0 Å². The molecule has 4 bridgehead atoms. The van der Waals surface area contributed by atoms with Crippen molar-refractivity contribution in [3.05, 3.63) is 61.4 Å². The standard InChI is InChI=1S/C12H18O.C12H10O/c1-2-13-12-6-9-3-10(7-12)5-11(4-9)8-12;1-2-9-3-4-11-8-12(13)6-5-10(11)7-9/h2,9-11H,1,3-8H2;2-8,13H,1H2. The van der Waals surface area contributed by atoms with Gasteiger partial charge in [0.05, 0.1) is 6.26 Å². The van der Waals surface area contributed by atoms with Crippen molar-refractivity contribution >= 4 is 16.8 Å². The fraction of sp³-hybridized carbons (Fsp3) is 0.417. The first-order valence-corrected chi connectivity index (χ1v) is 9.73. The zero-order chi connectivity index (χ0) is 18.1. The summed E-state index contributed by atoms with van der Waals surface area (Å²) in [5, 5.41) is 11.4. The van der Waals surface area contributed by atoms with Gasteiger partial charge in [-0.2, -0.15) is 0 Å². The fourth-order valence-corrected chi connectivity index (χ4v) is 5.73. The molecule has 4 aliphatic rings. The zero-order valence-electron chi connectivity index (χ0n) is 15.4. The Kier molecular flexibility index (Phi) is 4.52. The van der Waals surface area contributed by atoms with E-state index in [1.165, 1.54) is 38.5 Å². The van der Waals surface area contributed by atoms with Crippen molar-refractivity contribution in [3.8, 4) is 5.75 Å². The average molecular weight is 348 g/mol. The van der Waals surface area contributed by atoms with Crippen molar-refractivity contribution in [1.29, 1.82) is 0 Å². The molecule has 2 heteroatoms. The minimum absolute atomic E-state index is 0.233. The van der Waals surface area contributed by atoms with E-state index in [0.717, 1.165) is 34.1 Å². The molecule has 0 heterocycles. The van der Waals surface area contributed by atoms with Crippen LogP contribution in [0.1, 0.15) is 44.1 Å². The highest BCUT2D eigenvalue weighted by Gasteiger charge is 2.51. The maximum atomic E-state index is 9.24. The van der Waals surface area contributed by atoms with Gasteiger partial charge in [-0.1, -0.05) is 37.4 Å². The molecule has 0 aliphatic heterocycles. The third-order valence-electron chi connectivity index (χ3n) is 6.40. The Hall–Kier alpha value is -2.22. The Balaban J connectivity index is 0.000000129. The van der Waals surface area contributed by atoms with Crippen molar-refractivity contribution in [2.75, 3.05) is 0 Å². The number of aromatic hydroxyl groups is 1. The Morgan fingerprint density at radius 1 is 0.885 bits per heavy atom. The van der Waals surface area contributed by atoms with E-state index in [1.807, 2.05) is 30.3 Å². The number of fused-ring (bicyclic) bond motifs is 1. The van der Waals surface area contributed by atoms with Gasteiger partial charge in [0.25, 0.3) is 0 Å². The van der Waals surface area contributed by atoms with E-state index in [0.29, 0.717) is 5.75 Å². The van der Waals surface area contributed by atoms with Crippen LogP contribution in [0.5, 0.6) is 5.75 Å². The van der Waals surface area contributed by atoms with Crippen molar-refractivity contribution in [3.63, 3.8) is 0 Å². The molecule has 1 N–H and O–H groups in total. The first-order chi connectivity index (χ1) is 12.6. The van der Waals surface area contributed by atoms with Crippen LogP contribution < -0.4 is 0 Å². The second-order valence-electron chi connectivity index (χ2n) is 8.38. The van der Waals surface area contributed by atoms with Crippen LogP contribution in [0.25, 0.3) is 16.8 Å². The number of phenols is 1. The molecule has 0 aromatic heterocycles. The Labute approximate surface area is 156 Å². The van der Waals surface area contributed by atoms with E-state index in [2.05, 4.69) is 13.2 Å². The molecule has 0 spiro atoms. The van der Waals surface area contributed by atoms with E-state index in [4.69, 9.17) is 4.74 Å². The molecule has 2 aromatic rings. The topological polar surface area (TPSA) is 29.5 Å². The third-order valence-corrected chi connectivity index (χ3v) is 6.40. The second-order valence-corrected chi connectivity index (χ2v) is 8.38. The zero-order valence-corrected chi connectivity index (χ0v) is 15.4. The number of ether oxygens (including phenoxy) is 1. The van der Waals surface area contributed by atoms with E-state index in [-0.39, 0.29) is 5.60 Å². The number of phenolic OH excluding ortho intramolecular Hbond substituents is 1. The molecule has 0 radical (unpaired) electrons. The Morgan fingerprint density at radius 2 is 1.46 bits per heavy atom. The van der Waals surface area contributed by atoms with Crippen LogP contribution in [0.2, 0.25) is 0 Å². The molecule has 4 fully saturated rings. The van der Waals surface area contributed by atoms with Gasteiger partial charge in [-0.15, -0.1) is 0 Å². The van der Waals surface area contributed by atoms with Crippen LogP contribution in [-0.4, -0.2) is 10.7 Å². The summed E-state index contributed by atoms with van der Waals surface area (Å²) in [5.41, 5.74) is 1.33. The molecular formula is C24H28O2. The highest BCUT2D eigenvalue weighted by atomic mass is 16.5. The molecule has 0 unspecified atom stereocenters. The molecule has 4 saturated carbocycles. The normalized spacial score (nSPS) is 31.2. The monoisotopic (exact) mass is 348 g/mol. The van der Waals surface area contributed by atoms with Gasteiger partial charge in [-0.05, 0) is 90.8 Å². The molecular weight excluding hydrogens is 320 g/mol. The number of hydrogen-bond acceptors (Lipinski definition) is 2. The third kappa shape index (κ3) is 3.38. The highest BCUT2D eigenvalue weighted by molar-refractivity contribution is 5.85. The largest absolute Gasteiger partial charge is 0.508 e. The predicted octanol–water partition coefficient (Wildman–Crippen LogP) is 6.30. The molecule has 0 atom stereocenters. The minimum atomic E-state index is 0.233. The lowest BCUT2D eigenvalue weighted by atomic mass is 9.54. The van der Waals surface area contributed by atoms with Crippen LogP contribution in [0.15, 0.2) is 55.8 Å². The van der Waals surface area contributed by atoms with Gasteiger partial charge in [0, 0.05) is 0 Å². The lowest BCUT2D eigenvalue weighted by molar-refractivity contribution is -0.130. The van der Waals surface area contributed by atoms with Gasteiger partial charge in [0.1, 0.15) is 11.4 Å². The van der Waals surface area contributed by atoms with E-state index < -0.39 is 0 Å². The second kappa shape index (κ2) is 6.83. The van der Waals surface area contributed by atoms with Crippen molar-refractivity contribution in [1.82, 2.24) is 0 Å². The van der Waals surface area contributed by atoms with Crippen LogP contribution in [0.4, 0.5) is 0 Å². The van der Waals surface area contributed by atoms with E-state index in [1.54, 1.807) is 18.4 Å². The Bertz CT molecular complexity index is 785. The maximum absolute atomic E-state index is 9.24. The molecule has 0 saturated heterocycles. The van der Waals surface area contributed by atoms with Crippen LogP contribution in [0.3, 0.4) is 0 Å². The smallest absolute Gasteiger partial charge is 0.116 e. The highest BCUT2D eigenvalue weighted by Crippen LogP contribution is 2.57. The molecule has 6 rings (SSSR count). The lowest BCUT2D eigenvalue weighted by Gasteiger charge is -2.55. The number of benzene rings is 2. The van der Waals surface area contributed by atoms with Gasteiger partial charge < -0.3 is 9.84 Å². The summed E-state index contributed by atoms with van der Waals surface area (Å²) in [5.74, 6) is 3.24. The SMILES string of the molecule is C=COC12CC3CC(CC(C3)C1)C2.C=Cc1ccc2cc(O)ccc2c1. The first-order valence-electron chi connectivity index (χ1n) is 9.73. The molecule has 136 valence electrons. The summed E-state index contributed by atoms with van der Waals surface area (Å²) in [7, 11) is 0. The summed E-state index contributed by atoms with van der Waals surface area (Å²) in [6, 6.07) is 11.3.